The van der Waals surface area contributed by atoms with Crippen molar-refractivity contribution >= 4 is 17.5 Å². The fraction of sp³-hybridized carbons (Fsp3) is 0.353. The molecule has 0 bridgehead atoms. The Labute approximate surface area is 139 Å². The van der Waals surface area contributed by atoms with Crippen molar-refractivity contribution in [2.24, 2.45) is 0 Å². The number of carbonyl (C=O) groups is 1. The Morgan fingerprint density at radius 2 is 2.17 bits per heavy atom. The molecule has 0 unspecified atom stereocenters. The largest absolute Gasteiger partial charge is 0.352 e. The van der Waals surface area contributed by atoms with Gasteiger partial charge in [-0.15, -0.1) is 0 Å². The number of benzene rings is 1. The third-order valence-electron chi connectivity index (χ3n) is 3.90. The molecule has 1 atom stereocenters. The normalized spacial score (nSPS) is 16.8. The molecule has 1 aliphatic heterocycles. The molecule has 0 radical (unpaired) electrons. The predicted octanol–water partition coefficient (Wildman–Crippen LogP) is 2.53. The molecule has 24 heavy (non-hydrogen) atoms. The van der Waals surface area contributed by atoms with Gasteiger partial charge in [-0.1, -0.05) is 0 Å². The number of rotatable bonds is 5. The van der Waals surface area contributed by atoms with E-state index in [2.05, 4.69) is 25.9 Å². The third kappa shape index (κ3) is 3.68. The minimum absolute atomic E-state index is 0.0614. The Hall–Kier alpha value is -2.54. The molecular formula is C17H20FN5O. The average Bonchev–Trinajstić information content (AvgIpc) is 3.12. The summed E-state index contributed by atoms with van der Waals surface area (Å²) < 4.78 is 13.9. The molecule has 0 spiro atoms. The number of hydrogen-bond donors (Lipinski definition) is 3. The predicted molar refractivity (Wildman–Crippen MR) is 89.7 cm³/mol. The van der Waals surface area contributed by atoms with Gasteiger partial charge in [0.1, 0.15) is 0 Å². The second kappa shape index (κ2) is 7.35. The van der Waals surface area contributed by atoms with Crippen LogP contribution in [0.5, 0.6) is 0 Å². The molecule has 3 rings (SSSR count). The Balaban J connectivity index is 1.73. The van der Waals surface area contributed by atoms with E-state index < -0.39 is 5.82 Å². The van der Waals surface area contributed by atoms with E-state index >= 15 is 0 Å². The number of nitrogens with zero attached hydrogens (tertiary/aromatic N) is 2. The summed E-state index contributed by atoms with van der Waals surface area (Å²) in [6.45, 7) is 3.33. The molecule has 126 valence electrons. The van der Waals surface area contributed by atoms with E-state index in [-0.39, 0.29) is 11.9 Å². The maximum atomic E-state index is 13.9. The third-order valence-corrected chi connectivity index (χ3v) is 3.90. The summed E-state index contributed by atoms with van der Waals surface area (Å²) in [6, 6.07) is 6.91. The van der Waals surface area contributed by atoms with Crippen LogP contribution in [-0.4, -0.2) is 29.0 Å². The number of aromatic nitrogens is 2. The van der Waals surface area contributed by atoms with Crippen LogP contribution < -0.4 is 16.0 Å². The van der Waals surface area contributed by atoms with Crippen molar-refractivity contribution in [1.29, 1.82) is 0 Å². The molecule has 1 aromatic heterocycles. The first kappa shape index (κ1) is 16.3. The molecule has 2 aromatic rings. The van der Waals surface area contributed by atoms with Gasteiger partial charge < -0.3 is 16.0 Å². The van der Waals surface area contributed by atoms with Gasteiger partial charge >= 0.3 is 0 Å². The van der Waals surface area contributed by atoms with E-state index in [0.717, 1.165) is 25.1 Å². The zero-order chi connectivity index (χ0) is 16.9. The summed E-state index contributed by atoms with van der Waals surface area (Å²) in [4.78, 5) is 20.0. The number of carbonyl (C=O) groups excluding carboxylic acids is 1. The molecule has 7 heteroatoms. The van der Waals surface area contributed by atoms with E-state index in [1.54, 1.807) is 24.3 Å². The van der Waals surface area contributed by atoms with Crippen molar-refractivity contribution in [3.63, 3.8) is 0 Å². The first-order chi connectivity index (χ1) is 11.7. The highest BCUT2D eigenvalue weighted by molar-refractivity contribution is 5.94. The van der Waals surface area contributed by atoms with Crippen molar-refractivity contribution in [2.75, 3.05) is 18.4 Å². The molecule has 0 saturated carbocycles. The summed E-state index contributed by atoms with van der Waals surface area (Å²) in [6.07, 6.45) is 3.07. The van der Waals surface area contributed by atoms with Crippen molar-refractivity contribution in [1.82, 2.24) is 20.6 Å². The number of nitrogens with one attached hydrogen (secondary N) is 3. The van der Waals surface area contributed by atoms with Crippen LogP contribution in [0.2, 0.25) is 0 Å². The number of halogens is 1. The lowest BCUT2D eigenvalue weighted by atomic mass is 10.1. The maximum absolute atomic E-state index is 13.9. The molecule has 6 nitrogen and oxygen atoms in total. The van der Waals surface area contributed by atoms with E-state index in [0.29, 0.717) is 23.8 Å². The standard InChI is InChI=1S/C17H20FN5O/c1-2-19-16(24)11-5-7-12(8-6-11)22-17-21-10-13(18)15(23-17)14-4-3-9-20-14/h5-8,10,14,20H,2-4,9H2,1H3,(H,19,24)(H,21,22,23)/t14-/m0/s1. The van der Waals surface area contributed by atoms with Crippen LogP contribution in [0.25, 0.3) is 0 Å². The van der Waals surface area contributed by atoms with Crippen molar-refractivity contribution in [3.05, 3.63) is 47.5 Å². The number of amides is 1. The summed E-state index contributed by atoms with van der Waals surface area (Å²) in [7, 11) is 0. The molecule has 3 N–H and O–H groups in total. The topological polar surface area (TPSA) is 78.9 Å². The van der Waals surface area contributed by atoms with Gasteiger partial charge in [0.2, 0.25) is 5.95 Å². The van der Waals surface area contributed by atoms with Gasteiger partial charge in [-0.3, -0.25) is 4.79 Å². The minimum Gasteiger partial charge on any atom is -0.352 e. The molecule has 0 aliphatic carbocycles. The zero-order valence-electron chi connectivity index (χ0n) is 13.5. The van der Waals surface area contributed by atoms with Gasteiger partial charge in [0.15, 0.2) is 5.82 Å². The van der Waals surface area contributed by atoms with Crippen molar-refractivity contribution in [3.8, 4) is 0 Å². The van der Waals surface area contributed by atoms with Gasteiger partial charge in [0, 0.05) is 17.8 Å². The van der Waals surface area contributed by atoms with Gasteiger partial charge in [-0.05, 0) is 50.6 Å². The van der Waals surface area contributed by atoms with Crippen molar-refractivity contribution < 1.29 is 9.18 Å². The lowest BCUT2D eigenvalue weighted by Gasteiger charge is -2.12. The molecule has 1 saturated heterocycles. The summed E-state index contributed by atoms with van der Waals surface area (Å²) in [5.41, 5.74) is 1.71. The second-order valence-corrected chi connectivity index (χ2v) is 5.64. The van der Waals surface area contributed by atoms with Gasteiger partial charge in [0.05, 0.1) is 17.9 Å². The molecule has 1 aliphatic rings. The van der Waals surface area contributed by atoms with Crippen LogP contribution in [0, 0.1) is 5.82 Å². The van der Waals surface area contributed by atoms with Gasteiger partial charge in [-0.2, -0.15) is 0 Å². The molecule has 1 amide bonds. The first-order valence-corrected chi connectivity index (χ1v) is 8.08. The molecule has 1 fully saturated rings. The maximum Gasteiger partial charge on any atom is 0.251 e. The first-order valence-electron chi connectivity index (χ1n) is 8.08. The minimum atomic E-state index is -0.397. The number of anilines is 2. The fourth-order valence-corrected chi connectivity index (χ4v) is 2.70. The SMILES string of the molecule is CCNC(=O)c1ccc(Nc2ncc(F)c([C@@H]3CCCN3)n2)cc1. The van der Waals surface area contributed by atoms with Crippen molar-refractivity contribution in [2.45, 2.75) is 25.8 Å². The Kier molecular flexibility index (Phi) is 5.00. The van der Waals surface area contributed by atoms with Crippen LogP contribution in [0.4, 0.5) is 16.0 Å². The fourth-order valence-electron chi connectivity index (χ4n) is 2.70. The van der Waals surface area contributed by atoms with Crippen LogP contribution in [-0.2, 0) is 0 Å². The van der Waals surface area contributed by atoms with Gasteiger partial charge in [0.25, 0.3) is 5.91 Å². The summed E-state index contributed by atoms with van der Waals surface area (Å²) in [5.74, 6) is -0.172. The van der Waals surface area contributed by atoms with Crippen LogP contribution in [0.15, 0.2) is 30.5 Å². The Bertz CT molecular complexity index is 713. The van der Waals surface area contributed by atoms with E-state index in [1.165, 1.54) is 6.20 Å². The van der Waals surface area contributed by atoms with E-state index in [1.807, 2.05) is 6.92 Å². The Morgan fingerprint density at radius 3 is 2.83 bits per heavy atom. The summed E-state index contributed by atoms with van der Waals surface area (Å²) >= 11 is 0. The Morgan fingerprint density at radius 1 is 1.38 bits per heavy atom. The second-order valence-electron chi connectivity index (χ2n) is 5.64. The monoisotopic (exact) mass is 329 g/mol. The smallest absolute Gasteiger partial charge is 0.251 e. The molecule has 1 aromatic carbocycles. The van der Waals surface area contributed by atoms with Gasteiger partial charge in [-0.25, -0.2) is 14.4 Å². The highest BCUT2D eigenvalue weighted by Crippen LogP contribution is 2.24. The lowest BCUT2D eigenvalue weighted by Crippen LogP contribution is -2.22. The van der Waals surface area contributed by atoms with Crippen LogP contribution in [0.1, 0.15) is 41.9 Å². The van der Waals surface area contributed by atoms with E-state index in [4.69, 9.17) is 0 Å². The lowest BCUT2D eigenvalue weighted by molar-refractivity contribution is 0.0956. The zero-order valence-corrected chi connectivity index (χ0v) is 13.5. The van der Waals surface area contributed by atoms with Crippen LogP contribution in [0.3, 0.4) is 0 Å². The summed E-state index contributed by atoms with van der Waals surface area (Å²) in [5, 5.41) is 9.02. The molecule has 2 heterocycles. The quantitative estimate of drug-likeness (QED) is 0.786. The average molecular weight is 329 g/mol. The highest BCUT2D eigenvalue weighted by Gasteiger charge is 2.22. The highest BCUT2D eigenvalue weighted by atomic mass is 19.1. The number of hydrogen-bond acceptors (Lipinski definition) is 5. The van der Waals surface area contributed by atoms with E-state index in [9.17, 15) is 9.18 Å². The van der Waals surface area contributed by atoms with Crippen LogP contribution >= 0.6 is 0 Å². The molecular weight excluding hydrogens is 309 g/mol.